The summed E-state index contributed by atoms with van der Waals surface area (Å²) >= 11 is 0. The Hall–Kier alpha value is -3.66. The first-order valence-corrected chi connectivity index (χ1v) is 9.63. The Morgan fingerprint density at radius 1 is 0.862 bits per heavy atom. The van der Waals surface area contributed by atoms with Crippen LogP contribution in [0.3, 0.4) is 0 Å². The van der Waals surface area contributed by atoms with Crippen LogP contribution in [0.4, 0.5) is 5.82 Å². The van der Waals surface area contributed by atoms with Crippen LogP contribution in [0.1, 0.15) is 24.2 Å². The Balaban J connectivity index is 1.60. The molecule has 1 N–H and O–H groups in total. The summed E-state index contributed by atoms with van der Waals surface area (Å²) in [5.41, 5.74) is 3.26. The molecular weight excluding hydrogens is 360 g/mol. The molecular formula is C25H22N2O2. The molecule has 1 aromatic heterocycles. The quantitative estimate of drug-likeness (QED) is 0.465. The van der Waals surface area contributed by atoms with E-state index < -0.39 is 0 Å². The van der Waals surface area contributed by atoms with Gasteiger partial charge in [0.25, 0.3) is 5.91 Å². The Kier molecular flexibility index (Phi) is 5.25. The van der Waals surface area contributed by atoms with Crippen LogP contribution in [0, 0.1) is 0 Å². The van der Waals surface area contributed by atoms with Gasteiger partial charge in [-0.1, -0.05) is 48.5 Å². The minimum Gasteiger partial charge on any atom is -0.491 e. The lowest BCUT2D eigenvalue weighted by molar-refractivity contribution is 0.102. The third-order valence-corrected chi connectivity index (χ3v) is 4.55. The minimum absolute atomic E-state index is 0.119. The highest BCUT2D eigenvalue weighted by molar-refractivity contribution is 6.08. The van der Waals surface area contributed by atoms with Crippen molar-refractivity contribution in [3.05, 3.63) is 90.5 Å². The number of fused-ring (bicyclic) bond motifs is 1. The number of carbonyl (C=O) groups is 1. The smallest absolute Gasteiger partial charge is 0.257 e. The highest BCUT2D eigenvalue weighted by atomic mass is 16.5. The van der Waals surface area contributed by atoms with Crippen molar-refractivity contribution in [3.8, 4) is 16.9 Å². The van der Waals surface area contributed by atoms with E-state index >= 15 is 0 Å². The molecule has 1 amide bonds. The van der Waals surface area contributed by atoms with Crippen molar-refractivity contribution >= 4 is 22.6 Å². The van der Waals surface area contributed by atoms with Crippen molar-refractivity contribution in [1.82, 2.24) is 4.98 Å². The van der Waals surface area contributed by atoms with E-state index in [-0.39, 0.29) is 12.0 Å². The van der Waals surface area contributed by atoms with Crippen molar-refractivity contribution in [2.45, 2.75) is 20.0 Å². The fourth-order valence-electron chi connectivity index (χ4n) is 3.24. The van der Waals surface area contributed by atoms with Crippen molar-refractivity contribution < 1.29 is 9.53 Å². The second-order valence-electron chi connectivity index (χ2n) is 7.08. The zero-order chi connectivity index (χ0) is 20.2. The highest BCUT2D eigenvalue weighted by Crippen LogP contribution is 2.27. The molecule has 4 nitrogen and oxygen atoms in total. The Morgan fingerprint density at radius 3 is 2.38 bits per heavy atom. The first kappa shape index (κ1) is 18.7. The number of aromatic nitrogens is 1. The fourth-order valence-corrected chi connectivity index (χ4v) is 3.24. The molecule has 3 aromatic carbocycles. The van der Waals surface area contributed by atoms with Crippen LogP contribution in [0.15, 0.2) is 84.9 Å². The number of benzene rings is 3. The van der Waals surface area contributed by atoms with Gasteiger partial charge < -0.3 is 10.1 Å². The maximum absolute atomic E-state index is 13.0. The van der Waals surface area contributed by atoms with Gasteiger partial charge in [0, 0.05) is 10.9 Å². The second kappa shape index (κ2) is 8.15. The van der Waals surface area contributed by atoms with Crippen LogP contribution >= 0.6 is 0 Å². The van der Waals surface area contributed by atoms with Gasteiger partial charge in [-0.2, -0.15) is 0 Å². The number of ether oxygens (including phenoxy) is 1. The normalized spacial score (nSPS) is 10.9. The minimum atomic E-state index is -0.189. The molecule has 29 heavy (non-hydrogen) atoms. The van der Waals surface area contributed by atoms with Gasteiger partial charge >= 0.3 is 0 Å². The summed E-state index contributed by atoms with van der Waals surface area (Å²) in [5, 5.41) is 3.96. The number of pyridine rings is 1. The molecule has 0 saturated carbocycles. The molecule has 0 aliphatic rings. The van der Waals surface area contributed by atoms with E-state index in [2.05, 4.69) is 10.3 Å². The van der Waals surface area contributed by atoms with Gasteiger partial charge in [0.05, 0.1) is 11.6 Å². The molecule has 0 bridgehead atoms. The van der Waals surface area contributed by atoms with Gasteiger partial charge in [-0.25, -0.2) is 4.98 Å². The Morgan fingerprint density at radius 2 is 1.59 bits per heavy atom. The van der Waals surface area contributed by atoms with Gasteiger partial charge in [-0.15, -0.1) is 0 Å². The number of anilines is 1. The van der Waals surface area contributed by atoms with E-state index in [1.807, 2.05) is 98.8 Å². The molecule has 0 atom stereocenters. The van der Waals surface area contributed by atoms with Crippen LogP contribution in [-0.2, 0) is 0 Å². The molecule has 0 fully saturated rings. The molecule has 0 spiro atoms. The van der Waals surface area contributed by atoms with E-state index in [9.17, 15) is 4.79 Å². The Bertz CT molecular complexity index is 1150. The summed E-state index contributed by atoms with van der Waals surface area (Å²) in [5.74, 6) is 1.15. The summed E-state index contributed by atoms with van der Waals surface area (Å²) in [7, 11) is 0. The maximum atomic E-state index is 13.0. The number of nitrogens with zero attached hydrogens (tertiary/aromatic N) is 1. The zero-order valence-electron chi connectivity index (χ0n) is 16.4. The summed E-state index contributed by atoms with van der Waals surface area (Å²) in [6.07, 6.45) is 0.119. The monoisotopic (exact) mass is 382 g/mol. The van der Waals surface area contributed by atoms with Crippen LogP contribution in [0.25, 0.3) is 22.0 Å². The molecule has 0 radical (unpaired) electrons. The summed E-state index contributed by atoms with van der Waals surface area (Å²) in [6, 6.07) is 27.0. The van der Waals surface area contributed by atoms with Crippen LogP contribution < -0.4 is 10.1 Å². The number of amides is 1. The SMILES string of the molecule is CC(C)Oc1ccc(-c2ccccc2C(=O)Nc2ccc3ccccc3n2)cc1. The van der Waals surface area contributed by atoms with Crippen molar-refractivity contribution in [3.63, 3.8) is 0 Å². The third kappa shape index (κ3) is 4.27. The molecule has 4 heteroatoms. The molecule has 0 aliphatic heterocycles. The molecule has 4 rings (SSSR count). The van der Waals surface area contributed by atoms with Crippen LogP contribution in [0.2, 0.25) is 0 Å². The summed E-state index contributed by atoms with van der Waals surface area (Å²) in [6.45, 7) is 3.99. The summed E-state index contributed by atoms with van der Waals surface area (Å²) in [4.78, 5) is 17.5. The van der Waals surface area contributed by atoms with Gasteiger partial charge in [0.15, 0.2) is 0 Å². The molecule has 0 aliphatic carbocycles. The lowest BCUT2D eigenvalue weighted by atomic mass is 9.99. The lowest BCUT2D eigenvalue weighted by Crippen LogP contribution is -2.14. The average molecular weight is 382 g/mol. The first-order chi connectivity index (χ1) is 14.1. The predicted molar refractivity (Wildman–Crippen MR) is 117 cm³/mol. The number of nitrogens with one attached hydrogen (secondary N) is 1. The zero-order valence-corrected chi connectivity index (χ0v) is 16.4. The van der Waals surface area contributed by atoms with Crippen molar-refractivity contribution in [1.29, 1.82) is 0 Å². The highest BCUT2D eigenvalue weighted by Gasteiger charge is 2.13. The van der Waals surface area contributed by atoms with E-state index in [1.54, 1.807) is 0 Å². The van der Waals surface area contributed by atoms with Gasteiger partial charge in [0.2, 0.25) is 0 Å². The third-order valence-electron chi connectivity index (χ3n) is 4.55. The predicted octanol–water partition coefficient (Wildman–Crippen LogP) is 5.94. The molecule has 0 unspecified atom stereocenters. The molecule has 1 heterocycles. The maximum Gasteiger partial charge on any atom is 0.257 e. The van der Waals surface area contributed by atoms with Crippen molar-refractivity contribution in [2.24, 2.45) is 0 Å². The largest absolute Gasteiger partial charge is 0.491 e. The Labute approximate surface area is 170 Å². The van der Waals surface area contributed by atoms with Gasteiger partial charge in [-0.05, 0) is 61.4 Å². The number of hydrogen-bond donors (Lipinski definition) is 1. The fraction of sp³-hybridized carbons (Fsp3) is 0.120. The molecule has 4 aromatic rings. The lowest BCUT2D eigenvalue weighted by Gasteiger charge is -2.12. The van der Waals surface area contributed by atoms with E-state index in [1.165, 1.54) is 0 Å². The number of carbonyl (C=O) groups excluding carboxylic acids is 1. The molecule has 0 saturated heterocycles. The van der Waals surface area contributed by atoms with E-state index in [0.29, 0.717) is 11.4 Å². The average Bonchev–Trinajstić information content (AvgIpc) is 2.74. The topological polar surface area (TPSA) is 51.2 Å². The second-order valence-corrected chi connectivity index (χ2v) is 7.08. The van der Waals surface area contributed by atoms with Crippen molar-refractivity contribution in [2.75, 3.05) is 5.32 Å². The number of hydrogen-bond acceptors (Lipinski definition) is 3. The summed E-state index contributed by atoms with van der Waals surface area (Å²) < 4.78 is 5.71. The standard InChI is InChI=1S/C25H22N2O2/c1-17(2)29-20-14-11-18(12-15-20)21-8-4-5-9-22(21)25(28)27-24-16-13-19-7-3-6-10-23(19)26-24/h3-17H,1-2H3,(H,26,27,28). The van der Waals surface area contributed by atoms with E-state index in [4.69, 9.17) is 4.74 Å². The van der Waals surface area contributed by atoms with Gasteiger partial charge in [-0.3, -0.25) is 4.79 Å². The number of para-hydroxylation sites is 1. The first-order valence-electron chi connectivity index (χ1n) is 9.63. The number of rotatable bonds is 5. The van der Waals surface area contributed by atoms with E-state index in [0.717, 1.165) is 27.8 Å². The van der Waals surface area contributed by atoms with Gasteiger partial charge in [0.1, 0.15) is 11.6 Å². The van der Waals surface area contributed by atoms with Crippen LogP contribution in [-0.4, -0.2) is 17.0 Å². The molecule has 144 valence electrons. The van der Waals surface area contributed by atoms with Crippen LogP contribution in [0.5, 0.6) is 5.75 Å².